The van der Waals surface area contributed by atoms with Crippen LogP contribution in [0.4, 0.5) is 0 Å². The van der Waals surface area contributed by atoms with E-state index in [1.807, 2.05) is 52.0 Å². The molecule has 30 heavy (non-hydrogen) atoms. The van der Waals surface area contributed by atoms with E-state index in [4.69, 9.17) is 9.47 Å². The first-order valence-electron chi connectivity index (χ1n) is 10.1. The molecule has 3 aromatic rings. The molecule has 3 rings (SSSR count). The van der Waals surface area contributed by atoms with Crippen LogP contribution in [0.1, 0.15) is 71.4 Å². The van der Waals surface area contributed by atoms with Gasteiger partial charge in [-0.1, -0.05) is 76.2 Å². The Bertz CT molecular complexity index is 937. The van der Waals surface area contributed by atoms with E-state index in [9.17, 15) is 9.59 Å². The summed E-state index contributed by atoms with van der Waals surface area (Å²) in [7, 11) is 0. The minimum Gasteiger partial charge on any atom is -0.419 e. The molecular formula is C26H26O4. The fourth-order valence-electron chi connectivity index (χ4n) is 3.16. The molecule has 0 aliphatic carbocycles. The van der Waals surface area contributed by atoms with E-state index in [0.717, 1.165) is 11.1 Å². The van der Waals surface area contributed by atoms with E-state index in [1.54, 1.807) is 48.5 Å². The van der Waals surface area contributed by atoms with E-state index < -0.39 is 11.9 Å². The maximum absolute atomic E-state index is 12.8. The third-order valence-electron chi connectivity index (χ3n) is 4.83. The molecule has 0 fully saturated rings. The highest BCUT2D eigenvalue weighted by molar-refractivity contribution is 5.93. The highest BCUT2D eigenvalue weighted by Crippen LogP contribution is 2.42. The van der Waals surface area contributed by atoms with Crippen molar-refractivity contribution in [3.63, 3.8) is 0 Å². The van der Waals surface area contributed by atoms with E-state index in [-0.39, 0.29) is 11.8 Å². The average Bonchev–Trinajstić information content (AvgIpc) is 2.75. The first-order valence-corrected chi connectivity index (χ1v) is 10.1. The molecule has 0 radical (unpaired) electrons. The van der Waals surface area contributed by atoms with Gasteiger partial charge in [-0.3, -0.25) is 0 Å². The van der Waals surface area contributed by atoms with Crippen LogP contribution in [0.25, 0.3) is 0 Å². The lowest BCUT2D eigenvalue weighted by molar-refractivity contribution is 0.0679. The average molecular weight is 402 g/mol. The van der Waals surface area contributed by atoms with Crippen molar-refractivity contribution in [1.82, 2.24) is 0 Å². The van der Waals surface area contributed by atoms with Crippen molar-refractivity contribution in [2.75, 3.05) is 0 Å². The van der Waals surface area contributed by atoms with Crippen molar-refractivity contribution in [2.24, 2.45) is 0 Å². The van der Waals surface area contributed by atoms with Gasteiger partial charge >= 0.3 is 11.9 Å². The van der Waals surface area contributed by atoms with Gasteiger partial charge in [-0.25, -0.2) is 9.59 Å². The summed E-state index contributed by atoms with van der Waals surface area (Å²) in [5.74, 6) is -0.243. The molecule has 4 nitrogen and oxygen atoms in total. The maximum Gasteiger partial charge on any atom is 0.343 e. The van der Waals surface area contributed by atoms with E-state index in [0.29, 0.717) is 22.6 Å². The number of esters is 2. The Balaban J connectivity index is 2.08. The van der Waals surface area contributed by atoms with Gasteiger partial charge in [0.05, 0.1) is 11.1 Å². The van der Waals surface area contributed by atoms with Crippen LogP contribution < -0.4 is 9.47 Å². The Morgan fingerprint density at radius 3 is 1.20 bits per heavy atom. The Kier molecular flexibility index (Phi) is 6.68. The number of hydrogen-bond acceptors (Lipinski definition) is 4. The Labute approximate surface area is 177 Å². The number of hydrogen-bond donors (Lipinski definition) is 0. The summed E-state index contributed by atoms with van der Waals surface area (Å²) in [5, 5.41) is 0. The first-order chi connectivity index (χ1) is 14.4. The van der Waals surface area contributed by atoms with Crippen LogP contribution in [0, 0.1) is 0 Å². The summed E-state index contributed by atoms with van der Waals surface area (Å²) < 4.78 is 11.7. The van der Waals surface area contributed by atoms with Gasteiger partial charge in [0.25, 0.3) is 0 Å². The standard InChI is InChI=1S/C26H26O4/c1-17(2)21-15-16-22(18(3)4)24(30-26(28)20-13-9-6-10-14-20)23(21)29-25(27)19-11-7-5-8-12-19/h5-18H,1-4H3. The molecule has 0 aliphatic heterocycles. The minimum absolute atomic E-state index is 0.0685. The number of rotatable bonds is 6. The molecule has 0 saturated carbocycles. The summed E-state index contributed by atoms with van der Waals surface area (Å²) in [6.07, 6.45) is 0. The second-order valence-electron chi connectivity index (χ2n) is 7.72. The largest absolute Gasteiger partial charge is 0.419 e. The van der Waals surface area contributed by atoms with Gasteiger partial charge in [-0.05, 0) is 36.1 Å². The smallest absolute Gasteiger partial charge is 0.343 e. The molecule has 0 amide bonds. The molecule has 0 unspecified atom stereocenters. The van der Waals surface area contributed by atoms with Crippen LogP contribution in [-0.4, -0.2) is 11.9 Å². The predicted octanol–water partition coefficient (Wildman–Crippen LogP) is 6.37. The minimum atomic E-state index is -0.490. The Hall–Kier alpha value is -3.40. The van der Waals surface area contributed by atoms with Crippen molar-refractivity contribution in [3.8, 4) is 11.5 Å². The second kappa shape index (κ2) is 9.40. The normalized spacial score (nSPS) is 10.9. The van der Waals surface area contributed by atoms with Crippen molar-refractivity contribution < 1.29 is 19.1 Å². The Morgan fingerprint density at radius 1 is 0.567 bits per heavy atom. The number of ether oxygens (including phenoxy) is 2. The maximum atomic E-state index is 12.8. The number of carbonyl (C=O) groups is 2. The van der Waals surface area contributed by atoms with Gasteiger partial charge in [-0.2, -0.15) is 0 Å². The van der Waals surface area contributed by atoms with E-state index in [1.165, 1.54) is 0 Å². The summed E-state index contributed by atoms with van der Waals surface area (Å²) in [4.78, 5) is 25.6. The fourth-order valence-corrected chi connectivity index (χ4v) is 3.16. The lowest BCUT2D eigenvalue weighted by atomic mass is 9.94. The summed E-state index contributed by atoms with van der Waals surface area (Å²) in [5.41, 5.74) is 2.48. The zero-order chi connectivity index (χ0) is 21.7. The van der Waals surface area contributed by atoms with Crippen molar-refractivity contribution >= 4 is 11.9 Å². The lowest BCUT2D eigenvalue weighted by Gasteiger charge is -2.21. The van der Waals surface area contributed by atoms with Crippen LogP contribution in [-0.2, 0) is 0 Å². The molecule has 154 valence electrons. The predicted molar refractivity (Wildman–Crippen MR) is 117 cm³/mol. The lowest BCUT2D eigenvalue weighted by Crippen LogP contribution is -2.16. The van der Waals surface area contributed by atoms with E-state index >= 15 is 0 Å². The van der Waals surface area contributed by atoms with Crippen LogP contribution >= 0.6 is 0 Å². The zero-order valence-corrected chi connectivity index (χ0v) is 17.7. The van der Waals surface area contributed by atoms with Crippen LogP contribution in [0.5, 0.6) is 11.5 Å². The monoisotopic (exact) mass is 402 g/mol. The molecule has 4 heteroatoms. The molecular weight excluding hydrogens is 376 g/mol. The van der Waals surface area contributed by atoms with Crippen LogP contribution in [0.15, 0.2) is 72.8 Å². The third kappa shape index (κ3) is 4.77. The van der Waals surface area contributed by atoms with Crippen molar-refractivity contribution in [1.29, 1.82) is 0 Å². The molecule has 0 atom stereocenters. The van der Waals surface area contributed by atoms with Crippen molar-refractivity contribution in [2.45, 2.75) is 39.5 Å². The summed E-state index contributed by atoms with van der Waals surface area (Å²) in [6.45, 7) is 8.03. The fraction of sp³-hybridized carbons (Fsp3) is 0.231. The zero-order valence-electron chi connectivity index (χ0n) is 17.7. The van der Waals surface area contributed by atoms with Crippen LogP contribution in [0.3, 0.4) is 0 Å². The molecule has 0 heterocycles. The Morgan fingerprint density at radius 2 is 0.900 bits per heavy atom. The quantitative estimate of drug-likeness (QED) is 0.355. The van der Waals surface area contributed by atoms with Gasteiger partial charge in [0, 0.05) is 11.1 Å². The van der Waals surface area contributed by atoms with Gasteiger partial charge in [0.2, 0.25) is 0 Å². The highest BCUT2D eigenvalue weighted by atomic mass is 16.6. The SMILES string of the molecule is CC(C)c1ccc(C(C)C)c(OC(=O)c2ccccc2)c1OC(=O)c1ccccc1. The first kappa shape index (κ1) is 21.3. The van der Waals surface area contributed by atoms with Gasteiger partial charge in [0.15, 0.2) is 11.5 Å². The number of benzene rings is 3. The van der Waals surface area contributed by atoms with Crippen molar-refractivity contribution in [3.05, 3.63) is 95.1 Å². The molecule has 3 aromatic carbocycles. The summed E-state index contributed by atoms with van der Waals surface area (Å²) >= 11 is 0. The topological polar surface area (TPSA) is 52.6 Å². The highest BCUT2D eigenvalue weighted by Gasteiger charge is 2.25. The third-order valence-corrected chi connectivity index (χ3v) is 4.83. The van der Waals surface area contributed by atoms with E-state index in [2.05, 4.69) is 0 Å². The second-order valence-corrected chi connectivity index (χ2v) is 7.72. The summed E-state index contributed by atoms with van der Waals surface area (Å²) in [6, 6.07) is 21.4. The molecule has 0 spiro atoms. The van der Waals surface area contributed by atoms with Gasteiger partial charge in [0.1, 0.15) is 0 Å². The van der Waals surface area contributed by atoms with Gasteiger partial charge in [-0.15, -0.1) is 0 Å². The molecule has 0 saturated heterocycles. The molecule has 0 aliphatic rings. The van der Waals surface area contributed by atoms with Crippen LogP contribution in [0.2, 0.25) is 0 Å². The molecule has 0 N–H and O–H groups in total. The van der Waals surface area contributed by atoms with Gasteiger partial charge < -0.3 is 9.47 Å². The molecule has 0 aromatic heterocycles. The molecule has 0 bridgehead atoms. The number of carbonyl (C=O) groups excluding carboxylic acids is 2.